The monoisotopic (exact) mass is 254 g/mol. The quantitative estimate of drug-likeness (QED) is 0.835. The summed E-state index contributed by atoms with van der Waals surface area (Å²) in [5, 5.41) is 9.00. The van der Waals surface area contributed by atoms with Gasteiger partial charge in [-0.2, -0.15) is 5.26 Å². The third-order valence-electron chi connectivity index (χ3n) is 2.37. The van der Waals surface area contributed by atoms with Crippen LogP contribution in [0, 0.1) is 11.3 Å². The van der Waals surface area contributed by atoms with Crippen molar-refractivity contribution in [2.45, 2.75) is 19.9 Å². The summed E-state index contributed by atoms with van der Waals surface area (Å²) in [6.45, 7) is 1.58. The van der Waals surface area contributed by atoms with E-state index in [4.69, 9.17) is 15.7 Å². The van der Waals surface area contributed by atoms with Gasteiger partial charge in [0.2, 0.25) is 0 Å². The molecule has 0 spiro atoms. The molecular weight excluding hydrogens is 242 g/mol. The highest BCUT2D eigenvalue weighted by Gasteiger charge is 2.24. The van der Waals surface area contributed by atoms with Crippen LogP contribution in [0.2, 0.25) is 0 Å². The highest BCUT2D eigenvalue weighted by atomic mass is 19.3. The highest BCUT2D eigenvalue weighted by molar-refractivity contribution is 5.94. The van der Waals surface area contributed by atoms with Crippen LogP contribution >= 0.6 is 0 Å². The second-order valence-electron chi connectivity index (χ2n) is 3.40. The molecule has 0 radical (unpaired) electrons. The summed E-state index contributed by atoms with van der Waals surface area (Å²) in [5.41, 5.74) is 4.69. The zero-order chi connectivity index (χ0) is 13.7. The molecule has 0 unspecified atom stereocenters. The Kier molecular flexibility index (Phi) is 4.75. The molecule has 0 aliphatic heterocycles. The van der Waals surface area contributed by atoms with Crippen molar-refractivity contribution in [3.05, 3.63) is 34.4 Å². The first-order valence-electron chi connectivity index (χ1n) is 5.28. The van der Waals surface area contributed by atoms with E-state index in [2.05, 4.69) is 0 Å². The predicted octanol–water partition coefficient (Wildman–Crippen LogP) is 2.13. The molecule has 0 aliphatic carbocycles. The van der Waals surface area contributed by atoms with Crippen molar-refractivity contribution in [1.29, 1.82) is 5.26 Å². The lowest BCUT2D eigenvalue weighted by Crippen LogP contribution is -2.14. The molecule has 1 aromatic carbocycles. The molecule has 0 amide bonds. The van der Waals surface area contributed by atoms with Crippen molar-refractivity contribution in [3.8, 4) is 6.07 Å². The normalized spacial score (nSPS) is 10.2. The van der Waals surface area contributed by atoms with Crippen LogP contribution in [0.1, 0.15) is 40.4 Å². The average molecular weight is 254 g/mol. The lowest BCUT2D eigenvalue weighted by molar-refractivity contribution is 0.0515. The molecule has 0 saturated carbocycles. The van der Waals surface area contributed by atoms with E-state index in [9.17, 15) is 13.6 Å². The molecule has 1 rings (SSSR count). The number of carbonyl (C=O) groups excluding carboxylic acids is 1. The van der Waals surface area contributed by atoms with Gasteiger partial charge in [-0.1, -0.05) is 12.1 Å². The van der Waals surface area contributed by atoms with Crippen LogP contribution in [0.25, 0.3) is 0 Å². The number of hydrogen-bond acceptors (Lipinski definition) is 4. The van der Waals surface area contributed by atoms with E-state index in [1.54, 1.807) is 13.0 Å². The first-order chi connectivity index (χ1) is 8.56. The van der Waals surface area contributed by atoms with Gasteiger partial charge in [0.25, 0.3) is 6.43 Å². The Morgan fingerprint density at radius 3 is 2.67 bits per heavy atom. The van der Waals surface area contributed by atoms with Crippen molar-refractivity contribution in [1.82, 2.24) is 0 Å². The van der Waals surface area contributed by atoms with Crippen molar-refractivity contribution in [2.24, 2.45) is 5.73 Å². The fourth-order valence-corrected chi connectivity index (χ4v) is 1.56. The van der Waals surface area contributed by atoms with Crippen molar-refractivity contribution in [2.75, 3.05) is 6.61 Å². The number of benzene rings is 1. The number of alkyl halides is 2. The fourth-order valence-electron chi connectivity index (χ4n) is 1.56. The smallest absolute Gasteiger partial charge is 0.339 e. The zero-order valence-corrected chi connectivity index (χ0v) is 9.74. The van der Waals surface area contributed by atoms with Crippen LogP contribution in [0.4, 0.5) is 8.78 Å². The van der Waals surface area contributed by atoms with Gasteiger partial charge in [-0.3, -0.25) is 0 Å². The molecule has 0 saturated heterocycles. The molecule has 4 nitrogen and oxygen atoms in total. The van der Waals surface area contributed by atoms with Crippen molar-refractivity contribution < 1.29 is 18.3 Å². The molecule has 2 N–H and O–H groups in total. The van der Waals surface area contributed by atoms with Crippen LogP contribution in [-0.2, 0) is 11.3 Å². The number of rotatable bonds is 4. The lowest BCUT2D eigenvalue weighted by atomic mass is 9.96. The molecule has 0 heterocycles. The largest absolute Gasteiger partial charge is 0.462 e. The summed E-state index contributed by atoms with van der Waals surface area (Å²) in [6, 6.07) is 4.15. The molecular formula is C12H12F2N2O2. The summed E-state index contributed by atoms with van der Waals surface area (Å²) in [7, 11) is 0. The molecule has 6 heteroatoms. The molecule has 0 aliphatic rings. The number of carbonyl (C=O) groups is 1. The van der Waals surface area contributed by atoms with Gasteiger partial charge in [-0.15, -0.1) is 0 Å². The van der Waals surface area contributed by atoms with Gasteiger partial charge in [0.15, 0.2) is 0 Å². The molecule has 0 atom stereocenters. The Hall–Kier alpha value is -2.00. The van der Waals surface area contributed by atoms with Gasteiger partial charge in [0, 0.05) is 12.1 Å². The van der Waals surface area contributed by atoms with Crippen LogP contribution < -0.4 is 5.73 Å². The predicted molar refractivity (Wildman–Crippen MR) is 60.0 cm³/mol. The van der Waals surface area contributed by atoms with E-state index in [-0.39, 0.29) is 18.7 Å². The summed E-state index contributed by atoms with van der Waals surface area (Å²) in [6.07, 6.45) is -2.86. The first kappa shape index (κ1) is 14.1. The van der Waals surface area contributed by atoms with Gasteiger partial charge >= 0.3 is 5.97 Å². The van der Waals surface area contributed by atoms with E-state index in [1.807, 2.05) is 0 Å². The third-order valence-corrected chi connectivity index (χ3v) is 2.37. The summed E-state index contributed by atoms with van der Waals surface area (Å²) in [4.78, 5) is 11.7. The topological polar surface area (TPSA) is 76.1 Å². The Morgan fingerprint density at radius 1 is 1.56 bits per heavy atom. The average Bonchev–Trinajstić information content (AvgIpc) is 2.36. The maximum absolute atomic E-state index is 12.8. The van der Waals surface area contributed by atoms with E-state index in [0.717, 1.165) is 6.07 Å². The van der Waals surface area contributed by atoms with Gasteiger partial charge in [0.1, 0.15) is 6.07 Å². The van der Waals surface area contributed by atoms with Crippen LogP contribution in [-0.4, -0.2) is 12.6 Å². The number of ether oxygens (including phenoxy) is 1. The zero-order valence-electron chi connectivity index (χ0n) is 9.74. The summed E-state index contributed by atoms with van der Waals surface area (Å²) >= 11 is 0. The van der Waals surface area contributed by atoms with E-state index in [1.165, 1.54) is 6.07 Å². The highest BCUT2D eigenvalue weighted by Crippen LogP contribution is 2.28. The maximum Gasteiger partial charge on any atom is 0.339 e. The summed E-state index contributed by atoms with van der Waals surface area (Å²) < 4.78 is 30.4. The van der Waals surface area contributed by atoms with Gasteiger partial charge < -0.3 is 10.5 Å². The third kappa shape index (κ3) is 2.63. The fraction of sp³-hybridized carbons (Fsp3) is 0.333. The first-order valence-corrected chi connectivity index (χ1v) is 5.28. The molecule has 0 fully saturated rings. The number of hydrogen-bond donors (Lipinski definition) is 1. The van der Waals surface area contributed by atoms with Crippen LogP contribution in [0.3, 0.4) is 0 Å². The molecule has 0 aromatic heterocycles. The number of nitrogens with zero attached hydrogens (tertiary/aromatic N) is 1. The Morgan fingerprint density at radius 2 is 2.22 bits per heavy atom. The minimum absolute atomic E-state index is 0.0151. The molecule has 1 aromatic rings. The standard InChI is InChI=1S/C12H12F2N2O2/c1-2-18-12(17)10-8(11(13)14)4-3-7(5-15)9(10)6-16/h3-4,11H,2,5,15H2,1H3. The number of esters is 1. The summed E-state index contributed by atoms with van der Waals surface area (Å²) in [5.74, 6) is -0.931. The van der Waals surface area contributed by atoms with Crippen LogP contribution in [0.5, 0.6) is 0 Å². The minimum Gasteiger partial charge on any atom is -0.462 e. The van der Waals surface area contributed by atoms with E-state index < -0.39 is 23.5 Å². The number of nitriles is 1. The van der Waals surface area contributed by atoms with E-state index in [0.29, 0.717) is 5.56 Å². The van der Waals surface area contributed by atoms with Gasteiger partial charge in [-0.25, -0.2) is 13.6 Å². The Labute approximate surface area is 103 Å². The SMILES string of the molecule is CCOC(=O)c1c(C(F)F)ccc(CN)c1C#N. The second kappa shape index (κ2) is 6.07. The Bertz CT molecular complexity index is 496. The van der Waals surface area contributed by atoms with Gasteiger partial charge in [0.05, 0.1) is 17.7 Å². The lowest BCUT2D eigenvalue weighted by Gasteiger charge is -2.12. The second-order valence-corrected chi connectivity index (χ2v) is 3.40. The van der Waals surface area contributed by atoms with Crippen molar-refractivity contribution >= 4 is 5.97 Å². The van der Waals surface area contributed by atoms with Crippen molar-refractivity contribution in [3.63, 3.8) is 0 Å². The van der Waals surface area contributed by atoms with Gasteiger partial charge in [-0.05, 0) is 12.5 Å². The maximum atomic E-state index is 12.8. The van der Waals surface area contributed by atoms with Crippen LogP contribution in [0.15, 0.2) is 12.1 Å². The number of halogens is 2. The molecule has 96 valence electrons. The minimum atomic E-state index is -2.86. The number of nitrogens with two attached hydrogens (primary N) is 1. The molecule has 0 bridgehead atoms. The Balaban J connectivity index is 3.49. The van der Waals surface area contributed by atoms with E-state index >= 15 is 0 Å². The molecule has 18 heavy (non-hydrogen) atoms.